The second-order valence-corrected chi connectivity index (χ2v) is 4.01. The van der Waals surface area contributed by atoms with E-state index in [1.54, 1.807) is 6.92 Å². The molecule has 0 spiro atoms. The molecule has 18 heavy (non-hydrogen) atoms. The Balaban J connectivity index is 0. The molecule has 0 aliphatic heterocycles. The van der Waals surface area contributed by atoms with E-state index in [1.807, 2.05) is 6.92 Å². The van der Waals surface area contributed by atoms with Crippen LogP contribution in [0.4, 0.5) is 0 Å². The first kappa shape index (κ1) is 19.3. The molecule has 4 nitrogen and oxygen atoms in total. The molecule has 0 radical (unpaired) electrons. The van der Waals surface area contributed by atoms with E-state index >= 15 is 0 Å². The molecule has 2 N–H and O–H groups in total. The topological polar surface area (TPSA) is 58.9 Å². The molecule has 108 valence electrons. The Morgan fingerprint density at radius 1 is 1.11 bits per heavy atom. The second kappa shape index (κ2) is 16.0. The molecule has 2 unspecified atom stereocenters. The summed E-state index contributed by atoms with van der Waals surface area (Å²) < 4.78 is 9.83. The number of aliphatic hydroxyl groups excluding tert-OH is 2. The third-order valence-corrected chi connectivity index (χ3v) is 2.10. The van der Waals surface area contributed by atoms with Crippen molar-refractivity contribution in [3.63, 3.8) is 0 Å². The molecular weight excluding hydrogens is 232 g/mol. The lowest BCUT2D eigenvalue weighted by atomic mass is 10.2. The zero-order valence-corrected chi connectivity index (χ0v) is 11.7. The minimum atomic E-state index is -0.210. The third kappa shape index (κ3) is 20.4. The van der Waals surface area contributed by atoms with Gasteiger partial charge in [-0.15, -0.1) is 0 Å². The molecule has 0 rings (SSSR count). The maximum absolute atomic E-state index is 8.77. The van der Waals surface area contributed by atoms with Gasteiger partial charge in [0.25, 0.3) is 0 Å². The number of aliphatic hydroxyl groups is 2. The van der Waals surface area contributed by atoms with Gasteiger partial charge in [-0.3, -0.25) is 0 Å². The Kier molecular flexibility index (Phi) is 17.2. The van der Waals surface area contributed by atoms with Crippen LogP contribution < -0.4 is 0 Å². The second-order valence-electron chi connectivity index (χ2n) is 4.01. The van der Waals surface area contributed by atoms with E-state index in [0.717, 1.165) is 25.7 Å². The van der Waals surface area contributed by atoms with Gasteiger partial charge in [0, 0.05) is 6.61 Å². The summed E-state index contributed by atoms with van der Waals surface area (Å²) in [6.07, 6.45) is 6.21. The number of hydrogen-bond acceptors (Lipinski definition) is 4. The molecule has 4 heteroatoms. The van der Waals surface area contributed by atoms with Crippen LogP contribution in [0.15, 0.2) is 25.7 Å². The van der Waals surface area contributed by atoms with Crippen LogP contribution in [-0.4, -0.2) is 35.6 Å². The Morgan fingerprint density at radius 2 is 1.78 bits per heavy atom. The Labute approximate surface area is 111 Å². The molecular formula is C14H28O4. The molecule has 0 saturated carbocycles. The first-order valence-electron chi connectivity index (χ1n) is 6.36. The maximum Gasteiger partial charge on any atom is 0.0950 e. The van der Waals surface area contributed by atoms with Gasteiger partial charge in [0.05, 0.1) is 31.3 Å². The molecule has 0 aliphatic carbocycles. The minimum Gasteiger partial charge on any atom is -0.502 e. The summed E-state index contributed by atoms with van der Waals surface area (Å²) in [6, 6.07) is 0. The SMILES string of the molecule is C=COC(C)CCCO.C=COCCCC(C)O. The molecule has 0 heterocycles. The highest BCUT2D eigenvalue weighted by molar-refractivity contribution is 4.56. The summed E-state index contributed by atoms with van der Waals surface area (Å²) in [4.78, 5) is 0. The monoisotopic (exact) mass is 260 g/mol. The van der Waals surface area contributed by atoms with E-state index in [0.29, 0.717) is 6.61 Å². The highest BCUT2D eigenvalue weighted by Crippen LogP contribution is 1.99. The van der Waals surface area contributed by atoms with E-state index in [4.69, 9.17) is 19.7 Å². The summed E-state index contributed by atoms with van der Waals surface area (Å²) in [5.74, 6) is 0. The van der Waals surface area contributed by atoms with E-state index in [-0.39, 0.29) is 18.8 Å². The van der Waals surface area contributed by atoms with Crippen molar-refractivity contribution < 1.29 is 19.7 Å². The van der Waals surface area contributed by atoms with E-state index in [1.165, 1.54) is 12.5 Å². The van der Waals surface area contributed by atoms with Crippen molar-refractivity contribution in [3.05, 3.63) is 25.7 Å². The summed E-state index contributed by atoms with van der Waals surface area (Å²) in [5, 5.41) is 17.2. The molecule has 0 bridgehead atoms. The third-order valence-electron chi connectivity index (χ3n) is 2.10. The van der Waals surface area contributed by atoms with E-state index < -0.39 is 0 Å². The quantitative estimate of drug-likeness (QED) is 0.468. The zero-order chi connectivity index (χ0) is 14.2. The van der Waals surface area contributed by atoms with E-state index in [9.17, 15) is 0 Å². The van der Waals surface area contributed by atoms with Crippen LogP contribution in [-0.2, 0) is 9.47 Å². The van der Waals surface area contributed by atoms with Crippen molar-refractivity contribution in [2.75, 3.05) is 13.2 Å². The van der Waals surface area contributed by atoms with Crippen LogP contribution in [0.1, 0.15) is 39.5 Å². The fraction of sp³-hybridized carbons (Fsp3) is 0.714. The van der Waals surface area contributed by atoms with Crippen molar-refractivity contribution in [1.82, 2.24) is 0 Å². The van der Waals surface area contributed by atoms with Crippen molar-refractivity contribution in [1.29, 1.82) is 0 Å². The van der Waals surface area contributed by atoms with Crippen LogP contribution in [0, 0.1) is 0 Å². The molecule has 0 aromatic heterocycles. The van der Waals surface area contributed by atoms with Crippen LogP contribution in [0.3, 0.4) is 0 Å². The Hall–Kier alpha value is -1.00. The number of rotatable bonds is 10. The van der Waals surface area contributed by atoms with Crippen LogP contribution in [0.5, 0.6) is 0 Å². The van der Waals surface area contributed by atoms with Gasteiger partial charge in [-0.25, -0.2) is 0 Å². The van der Waals surface area contributed by atoms with Gasteiger partial charge in [-0.1, -0.05) is 13.2 Å². The fourth-order valence-corrected chi connectivity index (χ4v) is 1.16. The predicted molar refractivity (Wildman–Crippen MR) is 74.1 cm³/mol. The summed E-state index contributed by atoms with van der Waals surface area (Å²) in [6.45, 7) is 11.4. The molecule has 0 fully saturated rings. The first-order valence-corrected chi connectivity index (χ1v) is 6.36. The van der Waals surface area contributed by atoms with Gasteiger partial charge in [0.15, 0.2) is 0 Å². The highest BCUT2D eigenvalue weighted by atomic mass is 16.5. The summed E-state index contributed by atoms with van der Waals surface area (Å²) in [7, 11) is 0. The highest BCUT2D eigenvalue weighted by Gasteiger charge is 1.97. The number of ether oxygens (including phenoxy) is 2. The lowest BCUT2D eigenvalue weighted by Gasteiger charge is -2.08. The lowest BCUT2D eigenvalue weighted by Crippen LogP contribution is -2.03. The van der Waals surface area contributed by atoms with Crippen molar-refractivity contribution in [3.8, 4) is 0 Å². The predicted octanol–water partition coefficient (Wildman–Crippen LogP) is 2.62. The lowest BCUT2D eigenvalue weighted by molar-refractivity contribution is 0.141. The standard InChI is InChI=1S/2C7H14O2/c1-3-9-6-4-5-7(2)8;1-3-9-7(2)5-4-6-8/h2*3,7-8H,1,4-6H2,2H3. The molecule has 0 aromatic carbocycles. The van der Waals surface area contributed by atoms with Crippen LogP contribution >= 0.6 is 0 Å². The van der Waals surface area contributed by atoms with Crippen molar-refractivity contribution in [2.24, 2.45) is 0 Å². The van der Waals surface area contributed by atoms with Gasteiger partial charge in [-0.2, -0.15) is 0 Å². The van der Waals surface area contributed by atoms with Gasteiger partial charge >= 0.3 is 0 Å². The van der Waals surface area contributed by atoms with E-state index in [2.05, 4.69) is 13.2 Å². The fourth-order valence-electron chi connectivity index (χ4n) is 1.16. The van der Waals surface area contributed by atoms with Crippen molar-refractivity contribution >= 4 is 0 Å². The average Bonchev–Trinajstić information content (AvgIpc) is 2.33. The molecule has 0 amide bonds. The normalized spacial score (nSPS) is 12.7. The van der Waals surface area contributed by atoms with Gasteiger partial charge < -0.3 is 19.7 Å². The average molecular weight is 260 g/mol. The molecule has 2 atom stereocenters. The molecule has 0 aromatic rings. The Bertz CT molecular complexity index is 181. The zero-order valence-electron chi connectivity index (χ0n) is 11.7. The van der Waals surface area contributed by atoms with Crippen LogP contribution in [0.25, 0.3) is 0 Å². The first-order chi connectivity index (χ1) is 8.58. The Morgan fingerprint density at radius 3 is 2.22 bits per heavy atom. The maximum atomic E-state index is 8.77. The van der Waals surface area contributed by atoms with Gasteiger partial charge in [-0.05, 0) is 39.5 Å². The summed E-state index contributed by atoms with van der Waals surface area (Å²) >= 11 is 0. The smallest absolute Gasteiger partial charge is 0.0950 e. The van der Waals surface area contributed by atoms with Gasteiger partial charge in [0.2, 0.25) is 0 Å². The minimum absolute atomic E-state index is 0.189. The largest absolute Gasteiger partial charge is 0.502 e. The van der Waals surface area contributed by atoms with Crippen LogP contribution in [0.2, 0.25) is 0 Å². The summed E-state index contributed by atoms with van der Waals surface area (Å²) in [5.41, 5.74) is 0. The number of hydrogen-bond donors (Lipinski definition) is 2. The molecule has 0 aliphatic rings. The van der Waals surface area contributed by atoms with Gasteiger partial charge in [0.1, 0.15) is 0 Å². The molecule has 0 saturated heterocycles. The van der Waals surface area contributed by atoms with Crippen molar-refractivity contribution in [2.45, 2.75) is 51.7 Å².